The van der Waals surface area contributed by atoms with Crippen molar-refractivity contribution in [1.29, 1.82) is 0 Å². The van der Waals surface area contributed by atoms with E-state index in [1.807, 2.05) is 53.4 Å². The highest BCUT2D eigenvalue weighted by molar-refractivity contribution is 5.91. The van der Waals surface area contributed by atoms with Crippen LogP contribution >= 0.6 is 0 Å². The molecule has 3 aromatic rings. The largest absolute Gasteiger partial charge is 0.459 e. The molecule has 0 saturated carbocycles. The third-order valence-electron chi connectivity index (χ3n) is 4.73. The Morgan fingerprint density at radius 1 is 0.889 bits per heavy atom. The number of hydrogen-bond donors (Lipinski definition) is 0. The first-order valence-corrected chi connectivity index (χ1v) is 9.15. The molecular weight excluding hydrogens is 340 g/mol. The van der Waals surface area contributed by atoms with Gasteiger partial charge in [0.1, 0.15) is 11.5 Å². The van der Waals surface area contributed by atoms with E-state index in [9.17, 15) is 4.79 Å². The van der Waals surface area contributed by atoms with E-state index < -0.39 is 0 Å². The van der Waals surface area contributed by atoms with Crippen LogP contribution in [-0.4, -0.2) is 41.9 Å². The molecule has 5 nitrogen and oxygen atoms in total. The number of benzene rings is 2. The zero-order valence-corrected chi connectivity index (χ0v) is 15.1. The maximum absolute atomic E-state index is 12.4. The van der Waals surface area contributed by atoms with Crippen LogP contribution in [-0.2, 0) is 6.54 Å². The molecule has 1 fully saturated rings. The van der Waals surface area contributed by atoms with Gasteiger partial charge in [-0.3, -0.25) is 9.69 Å². The van der Waals surface area contributed by atoms with Gasteiger partial charge in [-0.05, 0) is 30.3 Å². The SMILES string of the molecule is O=C(c1ccco1)N1CCN(Cc2ccccc2Oc2ccccc2)CC1. The molecule has 5 heteroatoms. The van der Waals surface area contributed by atoms with Gasteiger partial charge in [-0.2, -0.15) is 0 Å². The summed E-state index contributed by atoms with van der Waals surface area (Å²) in [6.45, 7) is 3.84. The van der Waals surface area contributed by atoms with Crippen molar-refractivity contribution in [3.63, 3.8) is 0 Å². The average molecular weight is 362 g/mol. The molecule has 2 aromatic carbocycles. The number of carbonyl (C=O) groups excluding carboxylic acids is 1. The second-order valence-corrected chi connectivity index (χ2v) is 6.57. The monoisotopic (exact) mass is 362 g/mol. The molecule has 0 aliphatic carbocycles. The van der Waals surface area contributed by atoms with Crippen molar-refractivity contribution in [2.45, 2.75) is 6.54 Å². The second-order valence-electron chi connectivity index (χ2n) is 6.57. The number of furan rings is 1. The van der Waals surface area contributed by atoms with Gasteiger partial charge in [0, 0.05) is 38.3 Å². The van der Waals surface area contributed by atoms with Crippen molar-refractivity contribution in [3.05, 3.63) is 84.3 Å². The van der Waals surface area contributed by atoms with Gasteiger partial charge in [0.2, 0.25) is 0 Å². The Morgan fingerprint density at radius 2 is 1.63 bits per heavy atom. The maximum Gasteiger partial charge on any atom is 0.289 e. The van der Waals surface area contributed by atoms with Crippen molar-refractivity contribution >= 4 is 5.91 Å². The molecule has 1 aliphatic heterocycles. The summed E-state index contributed by atoms with van der Waals surface area (Å²) in [7, 11) is 0. The minimum atomic E-state index is -0.0348. The average Bonchev–Trinajstić information content (AvgIpc) is 3.25. The van der Waals surface area contributed by atoms with Gasteiger partial charge in [-0.15, -0.1) is 0 Å². The fraction of sp³-hybridized carbons (Fsp3) is 0.227. The lowest BCUT2D eigenvalue weighted by Crippen LogP contribution is -2.48. The zero-order valence-electron chi connectivity index (χ0n) is 15.1. The summed E-state index contributed by atoms with van der Waals surface area (Å²) >= 11 is 0. The first-order chi connectivity index (χ1) is 13.3. The van der Waals surface area contributed by atoms with Crippen molar-refractivity contribution in [3.8, 4) is 11.5 Å². The summed E-state index contributed by atoms with van der Waals surface area (Å²) in [6, 6.07) is 21.4. The Bertz CT molecular complexity index is 870. The molecule has 1 amide bonds. The summed E-state index contributed by atoms with van der Waals surface area (Å²) in [6.07, 6.45) is 1.53. The van der Waals surface area contributed by atoms with Crippen molar-refractivity contribution < 1.29 is 13.9 Å². The molecular formula is C22H22N2O3. The summed E-state index contributed by atoms with van der Waals surface area (Å²) in [5.74, 6) is 2.08. The number of ether oxygens (including phenoxy) is 1. The van der Waals surface area contributed by atoms with Crippen LogP contribution in [0.1, 0.15) is 16.1 Å². The standard InChI is InChI=1S/C22H22N2O3/c25-22(21-11-6-16-26-21)24-14-12-23(13-15-24)17-18-7-4-5-10-20(18)27-19-8-2-1-3-9-19/h1-11,16H,12-15,17H2. The Hall–Kier alpha value is -3.05. The highest BCUT2D eigenvalue weighted by atomic mass is 16.5. The quantitative estimate of drug-likeness (QED) is 0.687. The van der Waals surface area contributed by atoms with Crippen molar-refractivity contribution in [1.82, 2.24) is 9.80 Å². The molecule has 0 unspecified atom stereocenters. The maximum atomic E-state index is 12.4. The molecule has 0 radical (unpaired) electrons. The van der Waals surface area contributed by atoms with Gasteiger partial charge in [0.05, 0.1) is 6.26 Å². The molecule has 1 aromatic heterocycles. The third-order valence-corrected chi connectivity index (χ3v) is 4.73. The van der Waals surface area contributed by atoms with Crippen molar-refractivity contribution in [2.24, 2.45) is 0 Å². The van der Waals surface area contributed by atoms with Gasteiger partial charge in [-0.25, -0.2) is 0 Å². The lowest BCUT2D eigenvalue weighted by Gasteiger charge is -2.34. The number of amides is 1. The number of rotatable bonds is 5. The highest BCUT2D eigenvalue weighted by Crippen LogP contribution is 2.26. The Morgan fingerprint density at radius 3 is 2.37 bits per heavy atom. The zero-order chi connectivity index (χ0) is 18.5. The van der Waals surface area contributed by atoms with E-state index >= 15 is 0 Å². The molecule has 27 heavy (non-hydrogen) atoms. The third kappa shape index (κ3) is 4.20. The van der Waals surface area contributed by atoms with Gasteiger partial charge < -0.3 is 14.1 Å². The molecule has 0 bridgehead atoms. The number of piperazine rings is 1. The molecule has 0 atom stereocenters. The normalized spacial score (nSPS) is 14.9. The minimum absolute atomic E-state index is 0.0348. The van der Waals surface area contributed by atoms with Crippen LogP contribution in [0, 0.1) is 0 Å². The van der Waals surface area contributed by atoms with Gasteiger partial charge in [0.15, 0.2) is 5.76 Å². The number of hydrogen-bond acceptors (Lipinski definition) is 4. The van der Waals surface area contributed by atoms with E-state index in [2.05, 4.69) is 11.0 Å². The summed E-state index contributed by atoms with van der Waals surface area (Å²) in [5.41, 5.74) is 1.15. The minimum Gasteiger partial charge on any atom is -0.459 e. The van der Waals surface area contributed by atoms with Gasteiger partial charge in [0.25, 0.3) is 5.91 Å². The fourth-order valence-electron chi connectivity index (χ4n) is 3.26. The van der Waals surface area contributed by atoms with Gasteiger partial charge in [-0.1, -0.05) is 36.4 Å². The van der Waals surface area contributed by atoms with Crippen LogP contribution in [0.2, 0.25) is 0 Å². The predicted octanol–water partition coefficient (Wildman–Crippen LogP) is 4.03. The van der Waals surface area contributed by atoms with Crippen LogP contribution in [0.25, 0.3) is 0 Å². The van der Waals surface area contributed by atoms with E-state index in [4.69, 9.17) is 9.15 Å². The summed E-state index contributed by atoms with van der Waals surface area (Å²) < 4.78 is 11.3. The predicted molar refractivity (Wildman–Crippen MR) is 103 cm³/mol. The van der Waals surface area contributed by atoms with E-state index in [-0.39, 0.29) is 5.91 Å². The summed E-state index contributed by atoms with van der Waals surface area (Å²) in [5, 5.41) is 0. The molecule has 2 heterocycles. The molecule has 0 N–H and O–H groups in total. The molecule has 1 saturated heterocycles. The highest BCUT2D eigenvalue weighted by Gasteiger charge is 2.24. The second kappa shape index (κ2) is 8.10. The molecule has 0 spiro atoms. The smallest absolute Gasteiger partial charge is 0.289 e. The number of carbonyl (C=O) groups is 1. The number of para-hydroxylation sites is 2. The lowest BCUT2D eigenvalue weighted by atomic mass is 10.1. The van der Waals surface area contributed by atoms with E-state index in [0.29, 0.717) is 18.8 Å². The van der Waals surface area contributed by atoms with Crippen LogP contribution in [0.4, 0.5) is 0 Å². The Kier molecular flexibility index (Phi) is 5.21. The first-order valence-electron chi connectivity index (χ1n) is 9.15. The first kappa shape index (κ1) is 17.4. The van der Waals surface area contributed by atoms with E-state index in [0.717, 1.165) is 36.7 Å². The lowest BCUT2D eigenvalue weighted by molar-refractivity contribution is 0.0597. The van der Waals surface area contributed by atoms with Crippen LogP contribution in [0.5, 0.6) is 11.5 Å². The Balaban J connectivity index is 1.37. The fourth-order valence-corrected chi connectivity index (χ4v) is 3.26. The molecule has 1 aliphatic rings. The van der Waals surface area contributed by atoms with Crippen molar-refractivity contribution in [2.75, 3.05) is 26.2 Å². The summed E-state index contributed by atoms with van der Waals surface area (Å²) in [4.78, 5) is 16.6. The molecule has 138 valence electrons. The van der Waals surface area contributed by atoms with Crippen LogP contribution < -0.4 is 4.74 Å². The van der Waals surface area contributed by atoms with E-state index in [1.165, 1.54) is 6.26 Å². The topological polar surface area (TPSA) is 45.9 Å². The van der Waals surface area contributed by atoms with Crippen LogP contribution in [0.15, 0.2) is 77.4 Å². The number of nitrogens with zero attached hydrogens (tertiary/aromatic N) is 2. The molecule has 4 rings (SSSR count). The van der Waals surface area contributed by atoms with Crippen LogP contribution in [0.3, 0.4) is 0 Å². The Labute approximate surface area is 158 Å². The van der Waals surface area contributed by atoms with E-state index in [1.54, 1.807) is 12.1 Å². The van der Waals surface area contributed by atoms with Gasteiger partial charge >= 0.3 is 0 Å².